The van der Waals surface area contributed by atoms with Crippen molar-refractivity contribution >= 4 is 27.3 Å². The topological polar surface area (TPSA) is 46.2 Å². The summed E-state index contributed by atoms with van der Waals surface area (Å²) in [5.74, 6) is 0. The van der Waals surface area contributed by atoms with Crippen LogP contribution in [0.15, 0.2) is 15.9 Å². The molecule has 0 fully saturated rings. The lowest BCUT2D eigenvalue weighted by molar-refractivity contribution is 0.265. The maximum Gasteiger partial charge on any atom is 0.0586 e. The van der Waals surface area contributed by atoms with E-state index in [1.54, 1.807) is 11.3 Å². The van der Waals surface area contributed by atoms with Gasteiger partial charge in [-0.1, -0.05) is 0 Å². The Balaban J connectivity index is 2.56. The van der Waals surface area contributed by atoms with Crippen molar-refractivity contribution in [2.24, 2.45) is 5.73 Å². The van der Waals surface area contributed by atoms with Crippen molar-refractivity contribution in [1.82, 2.24) is 0 Å². The van der Waals surface area contributed by atoms with Crippen molar-refractivity contribution in [2.45, 2.75) is 12.5 Å². The highest BCUT2D eigenvalue weighted by atomic mass is 79.9. The standard InChI is InChI=1S/C7H10BrNOS/c8-6-1-2-11-7(6)3-5(9)4-10/h1-2,5,10H,3-4,9H2. The van der Waals surface area contributed by atoms with Gasteiger partial charge in [0.2, 0.25) is 0 Å². The molecular weight excluding hydrogens is 226 g/mol. The Hall–Kier alpha value is 0.100. The van der Waals surface area contributed by atoms with Crippen LogP contribution >= 0.6 is 27.3 Å². The fraction of sp³-hybridized carbons (Fsp3) is 0.429. The van der Waals surface area contributed by atoms with Crippen LogP contribution in [0, 0.1) is 0 Å². The van der Waals surface area contributed by atoms with Crippen LogP contribution in [0.3, 0.4) is 0 Å². The Morgan fingerprint density at radius 3 is 2.91 bits per heavy atom. The van der Waals surface area contributed by atoms with Gasteiger partial charge < -0.3 is 10.8 Å². The zero-order valence-electron chi connectivity index (χ0n) is 5.96. The Kier molecular flexibility index (Phi) is 3.51. The molecule has 11 heavy (non-hydrogen) atoms. The minimum absolute atomic E-state index is 0.0460. The van der Waals surface area contributed by atoms with Crippen LogP contribution in [0.25, 0.3) is 0 Å². The maximum absolute atomic E-state index is 8.69. The van der Waals surface area contributed by atoms with Crippen molar-refractivity contribution in [3.05, 3.63) is 20.8 Å². The number of halogens is 1. The lowest BCUT2D eigenvalue weighted by atomic mass is 10.2. The summed E-state index contributed by atoms with van der Waals surface area (Å²) in [5.41, 5.74) is 5.57. The molecule has 62 valence electrons. The molecule has 0 spiro atoms. The van der Waals surface area contributed by atoms with Crippen LogP contribution in [-0.4, -0.2) is 17.8 Å². The summed E-state index contributed by atoms with van der Waals surface area (Å²) >= 11 is 5.05. The first-order valence-electron chi connectivity index (χ1n) is 3.32. The molecule has 1 heterocycles. The van der Waals surface area contributed by atoms with Gasteiger partial charge in [-0.15, -0.1) is 11.3 Å². The monoisotopic (exact) mass is 235 g/mol. The largest absolute Gasteiger partial charge is 0.395 e. The van der Waals surface area contributed by atoms with E-state index in [1.165, 1.54) is 4.88 Å². The maximum atomic E-state index is 8.69. The second kappa shape index (κ2) is 4.21. The van der Waals surface area contributed by atoms with Gasteiger partial charge in [0.05, 0.1) is 6.61 Å². The van der Waals surface area contributed by atoms with Gasteiger partial charge in [0.1, 0.15) is 0 Å². The molecule has 3 N–H and O–H groups in total. The van der Waals surface area contributed by atoms with Gasteiger partial charge in [-0.05, 0) is 27.4 Å². The molecule has 0 saturated heterocycles. The predicted octanol–water partition coefficient (Wildman–Crippen LogP) is 1.37. The molecule has 0 aliphatic heterocycles. The SMILES string of the molecule is NC(CO)Cc1sccc1Br. The minimum atomic E-state index is -0.134. The predicted molar refractivity (Wildman–Crippen MR) is 50.8 cm³/mol. The summed E-state index contributed by atoms with van der Waals surface area (Å²) in [5, 5.41) is 10.7. The molecule has 0 aliphatic rings. The molecule has 0 aliphatic carbocycles. The fourth-order valence-corrected chi connectivity index (χ4v) is 2.38. The molecule has 2 nitrogen and oxygen atoms in total. The summed E-state index contributed by atoms with van der Waals surface area (Å²) in [6, 6.07) is 1.86. The second-order valence-corrected chi connectivity index (χ2v) is 4.19. The number of rotatable bonds is 3. The summed E-state index contributed by atoms with van der Waals surface area (Å²) in [6.45, 7) is 0.0460. The van der Waals surface area contributed by atoms with E-state index in [-0.39, 0.29) is 12.6 Å². The van der Waals surface area contributed by atoms with Gasteiger partial charge >= 0.3 is 0 Å². The first kappa shape index (κ1) is 9.19. The van der Waals surface area contributed by atoms with Crippen molar-refractivity contribution in [3.8, 4) is 0 Å². The molecule has 0 bridgehead atoms. The third kappa shape index (κ3) is 2.56. The third-order valence-electron chi connectivity index (χ3n) is 1.37. The molecule has 4 heteroatoms. The van der Waals surface area contributed by atoms with Crippen LogP contribution < -0.4 is 5.73 Å². The lowest BCUT2D eigenvalue weighted by Gasteiger charge is -2.05. The summed E-state index contributed by atoms with van der Waals surface area (Å²) in [7, 11) is 0. The van der Waals surface area contributed by atoms with Gasteiger partial charge in [-0.25, -0.2) is 0 Å². The van der Waals surface area contributed by atoms with E-state index in [4.69, 9.17) is 10.8 Å². The molecular formula is C7H10BrNOS. The minimum Gasteiger partial charge on any atom is -0.395 e. The number of hydrogen-bond donors (Lipinski definition) is 2. The number of thiophene rings is 1. The third-order valence-corrected chi connectivity index (χ3v) is 3.32. The lowest BCUT2D eigenvalue weighted by Crippen LogP contribution is -2.26. The molecule has 0 aromatic carbocycles. The van der Waals surface area contributed by atoms with Gasteiger partial charge in [0, 0.05) is 21.8 Å². The van der Waals surface area contributed by atoms with E-state index in [0.717, 1.165) is 10.9 Å². The summed E-state index contributed by atoms with van der Waals surface area (Å²) < 4.78 is 1.09. The van der Waals surface area contributed by atoms with E-state index >= 15 is 0 Å². The Labute approximate surface area is 78.2 Å². The number of nitrogens with two attached hydrogens (primary N) is 1. The van der Waals surface area contributed by atoms with Crippen LogP contribution in [0.4, 0.5) is 0 Å². The highest BCUT2D eigenvalue weighted by Crippen LogP contribution is 2.23. The van der Waals surface area contributed by atoms with Crippen LogP contribution in [0.2, 0.25) is 0 Å². The molecule has 1 unspecified atom stereocenters. The number of hydrogen-bond acceptors (Lipinski definition) is 3. The van der Waals surface area contributed by atoms with E-state index in [0.29, 0.717) is 0 Å². The number of aliphatic hydroxyl groups excluding tert-OH is 1. The molecule has 1 rings (SSSR count). The smallest absolute Gasteiger partial charge is 0.0586 e. The average molecular weight is 236 g/mol. The molecule has 1 atom stereocenters. The van der Waals surface area contributed by atoms with Gasteiger partial charge in [0.15, 0.2) is 0 Å². The van der Waals surface area contributed by atoms with Crippen molar-refractivity contribution in [2.75, 3.05) is 6.61 Å². The van der Waals surface area contributed by atoms with Crippen LogP contribution in [0.1, 0.15) is 4.88 Å². The second-order valence-electron chi connectivity index (χ2n) is 2.34. The Morgan fingerprint density at radius 2 is 2.45 bits per heavy atom. The highest BCUT2D eigenvalue weighted by Gasteiger charge is 2.06. The molecule has 0 radical (unpaired) electrons. The average Bonchev–Trinajstić information content (AvgIpc) is 2.37. The van der Waals surface area contributed by atoms with E-state index in [2.05, 4.69) is 15.9 Å². The van der Waals surface area contributed by atoms with Gasteiger partial charge in [0.25, 0.3) is 0 Å². The normalized spacial score (nSPS) is 13.4. The fourth-order valence-electron chi connectivity index (χ4n) is 0.773. The quantitative estimate of drug-likeness (QED) is 0.832. The summed E-state index contributed by atoms with van der Waals surface area (Å²) in [6.07, 6.45) is 0.745. The van der Waals surface area contributed by atoms with Crippen molar-refractivity contribution in [3.63, 3.8) is 0 Å². The zero-order valence-corrected chi connectivity index (χ0v) is 8.36. The molecule has 1 aromatic rings. The Morgan fingerprint density at radius 1 is 1.73 bits per heavy atom. The summed E-state index contributed by atoms with van der Waals surface area (Å²) in [4.78, 5) is 1.20. The van der Waals surface area contributed by atoms with Crippen molar-refractivity contribution in [1.29, 1.82) is 0 Å². The van der Waals surface area contributed by atoms with Gasteiger partial charge in [-0.3, -0.25) is 0 Å². The van der Waals surface area contributed by atoms with E-state index in [1.807, 2.05) is 11.4 Å². The van der Waals surface area contributed by atoms with Crippen LogP contribution in [0.5, 0.6) is 0 Å². The van der Waals surface area contributed by atoms with Crippen LogP contribution in [-0.2, 0) is 6.42 Å². The van der Waals surface area contributed by atoms with E-state index < -0.39 is 0 Å². The first-order chi connectivity index (χ1) is 5.24. The highest BCUT2D eigenvalue weighted by molar-refractivity contribution is 9.10. The van der Waals surface area contributed by atoms with Gasteiger partial charge in [-0.2, -0.15) is 0 Å². The molecule has 0 saturated carbocycles. The van der Waals surface area contributed by atoms with E-state index in [9.17, 15) is 0 Å². The Bertz CT molecular complexity index is 226. The number of aliphatic hydroxyl groups is 1. The first-order valence-corrected chi connectivity index (χ1v) is 4.99. The molecule has 0 amide bonds. The zero-order chi connectivity index (χ0) is 8.27. The van der Waals surface area contributed by atoms with Crippen molar-refractivity contribution < 1.29 is 5.11 Å². The molecule has 1 aromatic heterocycles.